The number of hydrogen-bond acceptors (Lipinski definition) is 4. The van der Waals surface area contributed by atoms with Crippen LogP contribution in [0.5, 0.6) is 0 Å². The Labute approximate surface area is 99.3 Å². The van der Waals surface area contributed by atoms with Crippen LogP contribution in [0.3, 0.4) is 0 Å². The van der Waals surface area contributed by atoms with Gasteiger partial charge in [0, 0.05) is 13.0 Å². The van der Waals surface area contributed by atoms with Crippen LogP contribution >= 0.6 is 0 Å². The van der Waals surface area contributed by atoms with Crippen LogP contribution in [0, 0.1) is 0 Å². The number of hydrogen-bond donors (Lipinski definition) is 1. The van der Waals surface area contributed by atoms with E-state index in [-0.39, 0.29) is 29.6 Å². The summed E-state index contributed by atoms with van der Waals surface area (Å²) >= 11 is 0. The van der Waals surface area contributed by atoms with E-state index in [1.807, 2.05) is 0 Å². The zero-order valence-electron chi connectivity index (χ0n) is 7.01. The fraction of sp³-hybridized carbons (Fsp3) is 1.00. The predicted molar refractivity (Wildman–Crippen MR) is 31.3 cm³/mol. The average molecular weight is 248 g/mol. The largest absolute Gasteiger partial charge is 1.00 e. The van der Waals surface area contributed by atoms with E-state index >= 15 is 0 Å². The van der Waals surface area contributed by atoms with E-state index in [4.69, 9.17) is 5.11 Å². The molecule has 0 atom stereocenters. The van der Waals surface area contributed by atoms with Crippen molar-refractivity contribution in [2.45, 2.75) is 17.6 Å². The number of aliphatic hydroxyl groups is 1. The Bertz CT molecular complexity index is 277. The maximum Gasteiger partial charge on any atom is 1.00 e. The molecule has 0 radical (unpaired) electrons. The monoisotopic (exact) mass is 248 g/mol. The molecule has 0 aliphatic rings. The molecular formula is C4H5F4NaO4S. The molecule has 0 spiro atoms. The molecule has 0 aromatic rings. The summed E-state index contributed by atoms with van der Waals surface area (Å²) in [6, 6.07) is 0. The van der Waals surface area contributed by atoms with Gasteiger partial charge in [0.2, 0.25) is 0 Å². The summed E-state index contributed by atoms with van der Waals surface area (Å²) in [6.07, 6.45) is -1.79. The van der Waals surface area contributed by atoms with E-state index in [2.05, 4.69) is 0 Å². The summed E-state index contributed by atoms with van der Waals surface area (Å²) in [5.41, 5.74) is 0. The van der Waals surface area contributed by atoms with Crippen LogP contribution < -0.4 is 29.6 Å². The zero-order valence-corrected chi connectivity index (χ0v) is 9.82. The second-order valence-electron chi connectivity index (χ2n) is 2.15. The molecule has 0 fully saturated rings. The summed E-state index contributed by atoms with van der Waals surface area (Å²) in [4.78, 5) is 0. The topological polar surface area (TPSA) is 77.4 Å². The van der Waals surface area contributed by atoms with Crippen molar-refractivity contribution in [1.82, 2.24) is 0 Å². The fourth-order valence-electron chi connectivity index (χ4n) is 0.469. The van der Waals surface area contributed by atoms with Crippen LogP contribution in [-0.2, 0) is 10.1 Å². The van der Waals surface area contributed by atoms with E-state index in [0.717, 1.165) is 0 Å². The van der Waals surface area contributed by atoms with Gasteiger partial charge >= 0.3 is 40.7 Å². The van der Waals surface area contributed by atoms with Crippen LogP contribution in [-0.4, -0.2) is 35.9 Å². The average Bonchev–Trinajstić information content (AvgIpc) is 1.84. The molecular weight excluding hydrogens is 243 g/mol. The second kappa shape index (κ2) is 5.08. The molecule has 0 saturated carbocycles. The van der Waals surface area contributed by atoms with Crippen molar-refractivity contribution >= 4 is 10.1 Å². The smallest absolute Gasteiger partial charge is 0.743 e. The van der Waals surface area contributed by atoms with Gasteiger partial charge in [-0.15, -0.1) is 0 Å². The van der Waals surface area contributed by atoms with Crippen LogP contribution in [0.4, 0.5) is 17.6 Å². The van der Waals surface area contributed by atoms with Gasteiger partial charge in [0.15, 0.2) is 10.1 Å². The molecule has 0 aromatic carbocycles. The van der Waals surface area contributed by atoms with E-state index < -0.39 is 34.3 Å². The van der Waals surface area contributed by atoms with Crippen molar-refractivity contribution in [3.05, 3.63) is 0 Å². The zero-order chi connectivity index (χ0) is 10.9. The van der Waals surface area contributed by atoms with Crippen molar-refractivity contribution in [2.24, 2.45) is 0 Å². The van der Waals surface area contributed by atoms with Crippen LogP contribution in [0.2, 0.25) is 0 Å². The Morgan fingerprint density at radius 3 is 1.79 bits per heavy atom. The van der Waals surface area contributed by atoms with Crippen LogP contribution in [0.15, 0.2) is 0 Å². The Balaban J connectivity index is 0. The number of aliphatic hydroxyl groups excluding tert-OH is 1. The summed E-state index contributed by atoms with van der Waals surface area (Å²) in [7, 11) is -6.43. The quantitative estimate of drug-likeness (QED) is 0.330. The summed E-state index contributed by atoms with van der Waals surface area (Å²) in [5.74, 6) is -5.05. The van der Waals surface area contributed by atoms with E-state index in [1.165, 1.54) is 0 Å². The van der Waals surface area contributed by atoms with Gasteiger partial charge in [0.1, 0.15) is 0 Å². The molecule has 0 aliphatic carbocycles. The van der Waals surface area contributed by atoms with Crippen molar-refractivity contribution in [3.63, 3.8) is 0 Å². The molecule has 0 unspecified atom stereocenters. The summed E-state index contributed by atoms with van der Waals surface area (Å²) in [6.45, 7) is -1.35. The fourth-order valence-corrected chi connectivity index (χ4v) is 0.937. The Morgan fingerprint density at radius 1 is 1.21 bits per heavy atom. The van der Waals surface area contributed by atoms with Gasteiger partial charge in [-0.05, 0) is 0 Å². The first-order valence-corrected chi connectivity index (χ1v) is 4.29. The third-order valence-electron chi connectivity index (χ3n) is 1.17. The third-order valence-corrected chi connectivity index (χ3v) is 2.09. The molecule has 10 heteroatoms. The Kier molecular flexibility index (Phi) is 6.17. The minimum atomic E-state index is -6.43. The van der Waals surface area contributed by atoms with Crippen LogP contribution in [0.1, 0.15) is 6.42 Å². The van der Waals surface area contributed by atoms with Crippen LogP contribution in [0.25, 0.3) is 0 Å². The summed E-state index contributed by atoms with van der Waals surface area (Å²) in [5, 5.41) is 2.23. The van der Waals surface area contributed by atoms with Crippen molar-refractivity contribution in [3.8, 4) is 0 Å². The minimum absolute atomic E-state index is 0. The SMILES string of the molecule is O=S(=O)([O-])C(F)(F)C(F)(F)CCO.[Na+]. The number of halogens is 4. The Hall–Kier alpha value is 0.590. The second-order valence-corrected chi connectivity index (χ2v) is 3.57. The van der Waals surface area contributed by atoms with Crippen molar-refractivity contribution < 1.29 is 65.2 Å². The van der Waals surface area contributed by atoms with E-state index in [9.17, 15) is 30.5 Å². The molecule has 0 aliphatic heterocycles. The molecule has 0 rings (SSSR count). The first kappa shape index (κ1) is 17.0. The minimum Gasteiger partial charge on any atom is -0.743 e. The summed E-state index contributed by atoms with van der Waals surface area (Å²) < 4.78 is 77.8. The van der Waals surface area contributed by atoms with Gasteiger partial charge in [-0.1, -0.05) is 0 Å². The molecule has 4 nitrogen and oxygen atoms in total. The Morgan fingerprint density at radius 2 is 1.57 bits per heavy atom. The van der Waals surface area contributed by atoms with Gasteiger partial charge in [0.25, 0.3) is 0 Å². The first-order chi connectivity index (χ1) is 5.56. The van der Waals surface area contributed by atoms with Gasteiger partial charge in [-0.3, -0.25) is 0 Å². The molecule has 0 saturated heterocycles. The third kappa shape index (κ3) is 3.31. The van der Waals surface area contributed by atoms with Gasteiger partial charge in [0.05, 0.1) is 0 Å². The normalized spacial score (nSPS) is 13.6. The molecule has 0 aromatic heterocycles. The molecule has 0 amide bonds. The van der Waals surface area contributed by atoms with Gasteiger partial charge < -0.3 is 9.66 Å². The molecule has 80 valence electrons. The number of alkyl halides is 4. The van der Waals surface area contributed by atoms with E-state index in [1.54, 1.807) is 0 Å². The van der Waals surface area contributed by atoms with Crippen molar-refractivity contribution in [1.29, 1.82) is 0 Å². The van der Waals surface area contributed by atoms with Crippen molar-refractivity contribution in [2.75, 3.05) is 6.61 Å². The number of rotatable bonds is 4. The predicted octanol–water partition coefficient (Wildman–Crippen LogP) is -2.85. The maximum absolute atomic E-state index is 12.2. The molecule has 1 N–H and O–H groups in total. The van der Waals surface area contributed by atoms with E-state index in [0.29, 0.717) is 0 Å². The van der Waals surface area contributed by atoms with Gasteiger partial charge in [-0.2, -0.15) is 17.6 Å². The molecule has 0 heterocycles. The standard InChI is InChI=1S/C4H6F4O4S.Na/c5-3(6,1-2-9)4(7,8)13(10,11)12;/h9H,1-2H2,(H,10,11,12);/q;+1/p-1. The first-order valence-electron chi connectivity index (χ1n) is 2.88. The van der Waals surface area contributed by atoms with Gasteiger partial charge in [-0.25, -0.2) is 8.42 Å². The maximum atomic E-state index is 12.2. The molecule has 14 heavy (non-hydrogen) atoms. The molecule has 0 bridgehead atoms.